The molecule has 0 aliphatic carbocycles. The molecule has 1 heterocycles. The van der Waals surface area contributed by atoms with E-state index < -0.39 is 0 Å². The lowest BCUT2D eigenvalue weighted by Gasteiger charge is -1.95. The molecule has 0 aliphatic heterocycles. The van der Waals surface area contributed by atoms with E-state index in [-0.39, 0.29) is 5.78 Å². The molecule has 0 radical (unpaired) electrons. The first kappa shape index (κ1) is 7.79. The van der Waals surface area contributed by atoms with Crippen LogP contribution in [0.4, 0.5) is 0 Å². The molecule has 1 aromatic rings. The molecule has 58 valence electrons. The van der Waals surface area contributed by atoms with Gasteiger partial charge in [-0.25, -0.2) is 0 Å². The number of carbonyl (C=O) groups excluding carboxylic acids is 1. The molecule has 0 aromatic carbocycles. The van der Waals surface area contributed by atoms with Crippen molar-refractivity contribution in [3.05, 3.63) is 36.3 Å². The van der Waals surface area contributed by atoms with Gasteiger partial charge in [0.1, 0.15) is 0 Å². The molecule has 0 saturated carbocycles. The second kappa shape index (κ2) is 3.19. The smallest absolute Gasteiger partial charge is 0.223 e. The van der Waals surface area contributed by atoms with Crippen LogP contribution in [0.15, 0.2) is 35.0 Å². The maximum atomic E-state index is 11.2. The van der Waals surface area contributed by atoms with E-state index in [1.54, 1.807) is 12.1 Å². The van der Waals surface area contributed by atoms with Gasteiger partial charge in [-0.05, 0) is 24.1 Å². The Balaban J connectivity index is 2.79. The van der Waals surface area contributed by atoms with Crippen molar-refractivity contribution >= 4 is 5.78 Å². The first-order valence-corrected chi connectivity index (χ1v) is 3.51. The number of rotatable bonds is 3. The predicted octanol–water partition coefficient (Wildman–Crippen LogP) is 2.43. The maximum absolute atomic E-state index is 11.2. The van der Waals surface area contributed by atoms with E-state index >= 15 is 0 Å². The number of hydrogen-bond acceptors (Lipinski definition) is 2. The summed E-state index contributed by atoms with van der Waals surface area (Å²) in [5.74, 6) is 0.273. The number of Topliss-reactive ketones (excluding diaryl/α,β-unsaturated/α-hetero) is 1. The first-order chi connectivity index (χ1) is 5.25. The lowest BCUT2D eigenvalue weighted by Crippen LogP contribution is -1.98. The Labute approximate surface area is 65.5 Å². The Morgan fingerprint density at radius 2 is 2.45 bits per heavy atom. The van der Waals surface area contributed by atoms with Gasteiger partial charge in [-0.1, -0.05) is 13.5 Å². The van der Waals surface area contributed by atoms with E-state index in [1.807, 2.05) is 6.92 Å². The monoisotopic (exact) mass is 150 g/mol. The summed E-state index contributed by atoms with van der Waals surface area (Å²) in [4.78, 5) is 11.2. The van der Waals surface area contributed by atoms with Gasteiger partial charge in [0.15, 0.2) is 5.76 Å². The highest BCUT2D eigenvalue weighted by atomic mass is 16.3. The Kier molecular flexibility index (Phi) is 2.26. The average molecular weight is 150 g/mol. The van der Waals surface area contributed by atoms with Gasteiger partial charge in [-0.3, -0.25) is 4.79 Å². The molecule has 0 bridgehead atoms. The summed E-state index contributed by atoms with van der Waals surface area (Å²) < 4.78 is 4.91. The molecule has 2 heteroatoms. The van der Waals surface area contributed by atoms with Crippen LogP contribution in [0.3, 0.4) is 0 Å². The standard InChI is InChI=1S/C9H10O2/c1-3-7(2)9(10)8-5-4-6-11-8/h4-6H,2-3H2,1H3. The van der Waals surface area contributed by atoms with Gasteiger partial charge >= 0.3 is 0 Å². The third kappa shape index (κ3) is 1.58. The third-order valence-electron chi connectivity index (χ3n) is 1.49. The molecule has 11 heavy (non-hydrogen) atoms. The summed E-state index contributed by atoms with van der Waals surface area (Å²) in [6, 6.07) is 3.33. The van der Waals surface area contributed by atoms with Crippen molar-refractivity contribution in [2.75, 3.05) is 0 Å². The van der Waals surface area contributed by atoms with Crippen LogP contribution < -0.4 is 0 Å². The summed E-state index contributed by atoms with van der Waals surface area (Å²) in [6.07, 6.45) is 2.15. The largest absolute Gasteiger partial charge is 0.461 e. The van der Waals surface area contributed by atoms with E-state index in [1.165, 1.54) is 6.26 Å². The van der Waals surface area contributed by atoms with Crippen molar-refractivity contribution in [3.8, 4) is 0 Å². The molecule has 0 atom stereocenters. The zero-order valence-corrected chi connectivity index (χ0v) is 6.46. The highest BCUT2D eigenvalue weighted by Gasteiger charge is 2.09. The molecule has 1 rings (SSSR count). The minimum atomic E-state index is -0.0995. The van der Waals surface area contributed by atoms with Gasteiger partial charge in [0.25, 0.3) is 0 Å². The lowest BCUT2D eigenvalue weighted by molar-refractivity contribution is 0.100. The number of furan rings is 1. The Morgan fingerprint density at radius 1 is 1.73 bits per heavy atom. The molecule has 2 nitrogen and oxygen atoms in total. The van der Waals surface area contributed by atoms with Crippen LogP contribution in [0.5, 0.6) is 0 Å². The van der Waals surface area contributed by atoms with Crippen LogP contribution in [-0.2, 0) is 0 Å². The van der Waals surface area contributed by atoms with Crippen molar-refractivity contribution < 1.29 is 9.21 Å². The van der Waals surface area contributed by atoms with Crippen molar-refractivity contribution in [2.45, 2.75) is 13.3 Å². The first-order valence-electron chi connectivity index (χ1n) is 3.51. The van der Waals surface area contributed by atoms with Crippen molar-refractivity contribution in [3.63, 3.8) is 0 Å². The summed E-state index contributed by atoms with van der Waals surface area (Å²) in [7, 11) is 0. The third-order valence-corrected chi connectivity index (χ3v) is 1.49. The van der Waals surface area contributed by atoms with E-state index in [0.717, 1.165) is 0 Å². The van der Waals surface area contributed by atoms with Crippen molar-refractivity contribution in [1.82, 2.24) is 0 Å². The van der Waals surface area contributed by atoms with Gasteiger partial charge in [0, 0.05) is 0 Å². The summed E-state index contributed by atoms with van der Waals surface area (Å²) in [6.45, 7) is 5.51. The zero-order valence-electron chi connectivity index (χ0n) is 6.46. The molecule has 0 saturated heterocycles. The molecule has 0 amide bonds. The molecular formula is C9H10O2. The molecular weight excluding hydrogens is 140 g/mol. The SMILES string of the molecule is C=C(CC)C(=O)c1ccco1. The Bertz CT molecular complexity index is 257. The normalized spacial score (nSPS) is 9.55. The fourth-order valence-electron chi connectivity index (χ4n) is 0.743. The number of hydrogen-bond donors (Lipinski definition) is 0. The van der Waals surface area contributed by atoms with E-state index in [2.05, 4.69) is 6.58 Å². The fourth-order valence-corrected chi connectivity index (χ4v) is 0.743. The predicted molar refractivity (Wildman–Crippen MR) is 42.5 cm³/mol. The summed E-state index contributed by atoms with van der Waals surface area (Å²) >= 11 is 0. The summed E-state index contributed by atoms with van der Waals surface area (Å²) in [5, 5.41) is 0. The van der Waals surface area contributed by atoms with Crippen molar-refractivity contribution in [1.29, 1.82) is 0 Å². The molecule has 1 aromatic heterocycles. The van der Waals surface area contributed by atoms with Crippen LogP contribution in [0.25, 0.3) is 0 Å². The van der Waals surface area contributed by atoms with Crippen LogP contribution >= 0.6 is 0 Å². The van der Waals surface area contributed by atoms with Gasteiger partial charge < -0.3 is 4.42 Å². The Hall–Kier alpha value is -1.31. The molecule has 0 spiro atoms. The zero-order chi connectivity index (χ0) is 8.27. The molecule has 0 N–H and O–H groups in total. The minimum Gasteiger partial charge on any atom is -0.461 e. The Morgan fingerprint density at radius 3 is 2.91 bits per heavy atom. The highest BCUT2D eigenvalue weighted by molar-refractivity contribution is 6.06. The van der Waals surface area contributed by atoms with Gasteiger partial charge in [0.05, 0.1) is 6.26 Å². The lowest BCUT2D eigenvalue weighted by atomic mass is 10.1. The van der Waals surface area contributed by atoms with Crippen LogP contribution in [-0.4, -0.2) is 5.78 Å². The molecule has 0 unspecified atom stereocenters. The minimum absolute atomic E-state index is 0.0995. The average Bonchev–Trinajstić information content (AvgIpc) is 2.53. The van der Waals surface area contributed by atoms with Gasteiger partial charge in [-0.15, -0.1) is 0 Å². The number of carbonyl (C=O) groups is 1. The van der Waals surface area contributed by atoms with E-state index in [4.69, 9.17) is 4.42 Å². The van der Waals surface area contributed by atoms with E-state index in [9.17, 15) is 4.79 Å². The highest BCUT2D eigenvalue weighted by Crippen LogP contribution is 2.09. The quantitative estimate of drug-likeness (QED) is 0.489. The van der Waals surface area contributed by atoms with Crippen LogP contribution in [0, 0.1) is 0 Å². The molecule has 0 aliphatic rings. The number of allylic oxidation sites excluding steroid dienone is 1. The van der Waals surface area contributed by atoms with E-state index in [0.29, 0.717) is 17.8 Å². The van der Waals surface area contributed by atoms with Gasteiger partial charge in [0.2, 0.25) is 5.78 Å². The van der Waals surface area contributed by atoms with Crippen molar-refractivity contribution in [2.24, 2.45) is 0 Å². The number of ketones is 1. The topological polar surface area (TPSA) is 30.2 Å². The summed E-state index contributed by atoms with van der Waals surface area (Å²) in [5.41, 5.74) is 0.583. The second-order valence-electron chi connectivity index (χ2n) is 2.26. The second-order valence-corrected chi connectivity index (χ2v) is 2.26. The molecule has 0 fully saturated rings. The van der Waals surface area contributed by atoms with Crippen LogP contribution in [0.1, 0.15) is 23.9 Å². The van der Waals surface area contributed by atoms with Gasteiger partial charge in [-0.2, -0.15) is 0 Å². The fraction of sp³-hybridized carbons (Fsp3) is 0.222. The van der Waals surface area contributed by atoms with Crippen LogP contribution in [0.2, 0.25) is 0 Å². The maximum Gasteiger partial charge on any atom is 0.223 e.